The summed E-state index contributed by atoms with van der Waals surface area (Å²) in [5, 5.41) is 11.2. The molecule has 0 aliphatic carbocycles. The largest absolute Gasteiger partial charge is 0.326 e. The van der Waals surface area contributed by atoms with E-state index in [0.29, 0.717) is 0 Å². The van der Waals surface area contributed by atoms with E-state index in [1.807, 2.05) is 35.1 Å². The highest BCUT2D eigenvalue weighted by Crippen LogP contribution is 2.20. The normalized spacial score (nSPS) is 11.9. The number of anilines is 1. The Kier molecular flexibility index (Phi) is 4.60. The Labute approximate surface area is 139 Å². The lowest BCUT2D eigenvalue weighted by atomic mass is 10.1. The van der Waals surface area contributed by atoms with Gasteiger partial charge in [-0.25, -0.2) is 4.68 Å². The molecule has 1 atom stereocenters. The average molecular weight is 322 g/mol. The SMILES string of the molecule is CC(=O)Nc1ccc(-c2cn([C@H](C)Cc3cnccn3)nn2)cc1. The molecule has 0 saturated heterocycles. The molecule has 7 nitrogen and oxygen atoms in total. The predicted octanol–water partition coefficient (Wildman–Crippen LogP) is 2.50. The van der Waals surface area contributed by atoms with Crippen LogP contribution in [0.3, 0.4) is 0 Å². The van der Waals surface area contributed by atoms with Crippen LogP contribution in [0, 0.1) is 0 Å². The van der Waals surface area contributed by atoms with Crippen molar-refractivity contribution in [3.05, 3.63) is 54.7 Å². The van der Waals surface area contributed by atoms with Gasteiger partial charge < -0.3 is 5.32 Å². The third-order valence-electron chi connectivity index (χ3n) is 3.58. The Morgan fingerprint density at radius 1 is 1.25 bits per heavy atom. The number of amides is 1. The molecule has 122 valence electrons. The molecule has 2 aromatic heterocycles. The van der Waals surface area contributed by atoms with Crippen LogP contribution in [0.15, 0.2) is 49.1 Å². The quantitative estimate of drug-likeness (QED) is 0.780. The number of aromatic nitrogens is 5. The second-order valence-corrected chi connectivity index (χ2v) is 5.59. The highest BCUT2D eigenvalue weighted by atomic mass is 16.1. The van der Waals surface area contributed by atoms with Crippen LogP contribution in [0.5, 0.6) is 0 Å². The van der Waals surface area contributed by atoms with Gasteiger partial charge in [0, 0.05) is 43.2 Å². The van der Waals surface area contributed by atoms with Gasteiger partial charge in [-0.15, -0.1) is 5.10 Å². The number of rotatable bonds is 5. The van der Waals surface area contributed by atoms with Crippen LogP contribution in [-0.4, -0.2) is 30.9 Å². The maximum absolute atomic E-state index is 11.1. The second-order valence-electron chi connectivity index (χ2n) is 5.59. The van der Waals surface area contributed by atoms with Gasteiger partial charge in [0.05, 0.1) is 17.9 Å². The molecular weight excluding hydrogens is 304 g/mol. The molecule has 0 aliphatic rings. The molecular formula is C17H18N6O. The Morgan fingerprint density at radius 2 is 2.04 bits per heavy atom. The third-order valence-corrected chi connectivity index (χ3v) is 3.58. The maximum atomic E-state index is 11.1. The fourth-order valence-corrected chi connectivity index (χ4v) is 2.38. The van der Waals surface area contributed by atoms with Gasteiger partial charge in [0.2, 0.25) is 5.91 Å². The Hall–Kier alpha value is -3.09. The minimum Gasteiger partial charge on any atom is -0.326 e. The van der Waals surface area contributed by atoms with Gasteiger partial charge in [0.15, 0.2) is 0 Å². The zero-order valence-electron chi connectivity index (χ0n) is 13.5. The Bertz CT molecular complexity index is 813. The lowest BCUT2D eigenvalue weighted by Crippen LogP contribution is -2.10. The van der Waals surface area contributed by atoms with Crippen molar-refractivity contribution in [1.82, 2.24) is 25.0 Å². The molecule has 0 aliphatic heterocycles. The lowest BCUT2D eigenvalue weighted by molar-refractivity contribution is -0.114. The number of benzene rings is 1. The predicted molar refractivity (Wildman–Crippen MR) is 90.2 cm³/mol. The third kappa shape index (κ3) is 3.81. The molecule has 0 spiro atoms. The second kappa shape index (κ2) is 6.99. The number of carbonyl (C=O) groups is 1. The molecule has 3 aromatic rings. The van der Waals surface area contributed by atoms with E-state index in [1.165, 1.54) is 6.92 Å². The minimum atomic E-state index is -0.0912. The molecule has 1 amide bonds. The van der Waals surface area contributed by atoms with E-state index >= 15 is 0 Å². The van der Waals surface area contributed by atoms with E-state index in [4.69, 9.17) is 0 Å². The van der Waals surface area contributed by atoms with Crippen LogP contribution in [-0.2, 0) is 11.2 Å². The summed E-state index contributed by atoms with van der Waals surface area (Å²) in [7, 11) is 0. The van der Waals surface area contributed by atoms with E-state index < -0.39 is 0 Å². The van der Waals surface area contributed by atoms with Crippen LogP contribution in [0.25, 0.3) is 11.3 Å². The first-order chi connectivity index (χ1) is 11.6. The number of nitrogens with zero attached hydrogens (tertiary/aromatic N) is 5. The fourth-order valence-electron chi connectivity index (χ4n) is 2.38. The van der Waals surface area contributed by atoms with Gasteiger partial charge in [-0.1, -0.05) is 17.3 Å². The summed E-state index contributed by atoms with van der Waals surface area (Å²) in [6.07, 6.45) is 7.75. The molecule has 0 radical (unpaired) electrons. The van der Waals surface area contributed by atoms with Crippen molar-refractivity contribution in [2.75, 3.05) is 5.32 Å². The minimum absolute atomic E-state index is 0.0912. The molecule has 1 N–H and O–H groups in total. The van der Waals surface area contributed by atoms with Crippen molar-refractivity contribution in [2.45, 2.75) is 26.3 Å². The summed E-state index contributed by atoms with van der Waals surface area (Å²) in [4.78, 5) is 19.4. The highest BCUT2D eigenvalue weighted by molar-refractivity contribution is 5.88. The summed E-state index contributed by atoms with van der Waals surface area (Å²) in [6, 6.07) is 7.64. The standard InChI is InChI=1S/C17H18N6O/c1-12(9-16-10-18-7-8-19-16)23-11-17(21-22-23)14-3-5-15(6-4-14)20-13(2)24/h3-8,10-12H,9H2,1-2H3,(H,20,24)/t12-/m1/s1. The van der Waals surface area contributed by atoms with E-state index in [1.54, 1.807) is 18.6 Å². The summed E-state index contributed by atoms with van der Waals surface area (Å²) >= 11 is 0. The monoisotopic (exact) mass is 322 g/mol. The van der Waals surface area contributed by atoms with Crippen LogP contribution in [0.2, 0.25) is 0 Å². The molecule has 3 rings (SSSR count). The van der Waals surface area contributed by atoms with Gasteiger partial charge >= 0.3 is 0 Å². The van der Waals surface area contributed by atoms with Gasteiger partial charge in [-0.05, 0) is 19.1 Å². The van der Waals surface area contributed by atoms with Crippen molar-refractivity contribution in [3.8, 4) is 11.3 Å². The van der Waals surface area contributed by atoms with Gasteiger partial charge in [-0.3, -0.25) is 14.8 Å². The molecule has 7 heteroatoms. The van der Waals surface area contributed by atoms with Crippen LogP contribution in [0.4, 0.5) is 5.69 Å². The first-order valence-electron chi connectivity index (χ1n) is 7.66. The summed E-state index contributed by atoms with van der Waals surface area (Å²) in [5.41, 5.74) is 3.41. The van der Waals surface area contributed by atoms with Gasteiger partial charge in [0.1, 0.15) is 5.69 Å². The number of hydrogen-bond acceptors (Lipinski definition) is 5. The van der Waals surface area contributed by atoms with Crippen molar-refractivity contribution in [3.63, 3.8) is 0 Å². The van der Waals surface area contributed by atoms with Crippen molar-refractivity contribution in [2.24, 2.45) is 0 Å². The molecule has 2 heterocycles. The topological polar surface area (TPSA) is 85.6 Å². The molecule has 0 saturated carbocycles. The first-order valence-corrected chi connectivity index (χ1v) is 7.66. The molecule has 0 unspecified atom stereocenters. The highest BCUT2D eigenvalue weighted by Gasteiger charge is 2.11. The number of carbonyl (C=O) groups excluding carboxylic acids is 1. The molecule has 0 bridgehead atoms. The molecule has 24 heavy (non-hydrogen) atoms. The van der Waals surface area contributed by atoms with Crippen molar-refractivity contribution < 1.29 is 4.79 Å². The molecule has 0 fully saturated rings. The average Bonchev–Trinajstić information content (AvgIpc) is 3.06. The summed E-state index contributed by atoms with van der Waals surface area (Å²) in [6.45, 7) is 3.55. The zero-order valence-corrected chi connectivity index (χ0v) is 13.5. The Morgan fingerprint density at radius 3 is 2.71 bits per heavy atom. The summed E-state index contributed by atoms with van der Waals surface area (Å²) in [5.74, 6) is -0.0912. The zero-order chi connectivity index (χ0) is 16.9. The number of hydrogen-bond donors (Lipinski definition) is 1. The van der Waals surface area contributed by atoms with Gasteiger partial charge in [-0.2, -0.15) is 0 Å². The fraction of sp³-hybridized carbons (Fsp3) is 0.235. The van der Waals surface area contributed by atoms with Crippen molar-refractivity contribution in [1.29, 1.82) is 0 Å². The summed E-state index contributed by atoms with van der Waals surface area (Å²) < 4.78 is 1.83. The molecule has 1 aromatic carbocycles. The Balaban J connectivity index is 1.71. The number of nitrogens with one attached hydrogen (secondary N) is 1. The van der Waals surface area contributed by atoms with Crippen LogP contribution < -0.4 is 5.32 Å². The van der Waals surface area contributed by atoms with Crippen molar-refractivity contribution >= 4 is 11.6 Å². The van der Waals surface area contributed by atoms with Crippen LogP contribution in [0.1, 0.15) is 25.6 Å². The lowest BCUT2D eigenvalue weighted by Gasteiger charge is -2.09. The maximum Gasteiger partial charge on any atom is 0.221 e. The van der Waals surface area contributed by atoms with E-state index in [2.05, 4.69) is 32.5 Å². The van der Waals surface area contributed by atoms with Crippen LogP contribution >= 0.6 is 0 Å². The van der Waals surface area contributed by atoms with E-state index in [0.717, 1.165) is 29.1 Å². The smallest absolute Gasteiger partial charge is 0.221 e. The van der Waals surface area contributed by atoms with E-state index in [9.17, 15) is 4.79 Å². The first kappa shape index (κ1) is 15.8. The van der Waals surface area contributed by atoms with E-state index in [-0.39, 0.29) is 11.9 Å². The van der Waals surface area contributed by atoms with Gasteiger partial charge in [0.25, 0.3) is 0 Å².